The lowest BCUT2D eigenvalue weighted by Crippen LogP contribution is -3.11. The van der Waals surface area contributed by atoms with Gasteiger partial charge < -0.3 is 98.8 Å². The SMILES string of the molecule is CC[NH+](CC)CC.CC[NH+](CC)CC.CC[NH+](CC)CC.CC[NH+](CC)CC.Nc1nc2c(ncn2[C@@H]2O[C@@H]3COP([O-])(=S)O[C@H]4[C@@H](F)[C@H](n5cnc6c(N)ncnc65)O[C@@H]4COP(=O)(S)O[C@@H]2[C@@H]3F)c(=O)[nH]1.Nc1nc2c(ncn2[C@@H]2O[C@@H]3COP([O-])(=S)O[C@H]4[C@@H](F)[C@H](n5cnc6c(N)ncnc65)O[C@@H]4COP(O)(=S)O[C@@H]2[C@@H]3F)c(=O)[nH]1. The summed E-state index contributed by atoms with van der Waals surface area (Å²) in [6.45, 7) is 21.0. The van der Waals surface area contributed by atoms with Crippen LogP contribution in [0, 0.1) is 0 Å². The van der Waals surface area contributed by atoms with Crippen molar-refractivity contribution in [2.24, 2.45) is 0 Å². The Kier molecular flexibility index (Phi) is 34.9. The van der Waals surface area contributed by atoms with Crippen LogP contribution in [0.3, 0.4) is 0 Å². The van der Waals surface area contributed by atoms with E-state index < -0.39 is 163 Å². The number of anilines is 4. The highest BCUT2D eigenvalue weighted by Gasteiger charge is 2.56. The second-order valence-corrected chi connectivity index (χ2v) is 38.4. The van der Waals surface area contributed by atoms with Gasteiger partial charge in [-0.05, 0) is 94.9 Å². The van der Waals surface area contributed by atoms with E-state index in [1.54, 1.807) is 19.6 Å². The lowest BCUT2D eigenvalue weighted by atomic mass is 10.1. The molecule has 6 fully saturated rings. The van der Waals surface area contributed by atoms with Crippen LogP contribution in [0.1, 0.15) is 108 Å². The molecule has 15 N–H and O–H groups in total. The van der Waals surface area contributed by atoms with Gasteiger partial charge in [0.25, 0.3) is 11.1 Å². The van der Waals surface area contributed by atoms with Crippen molar-refractivity contribution in [3.05, 3.63) is 58.7 Å². The fraction of sp³-hybridized carbons (Fsp3) is 0.688. The van der Waals surface area contributed by atoms with Crippen molar-refractivity contribution in [3.8, 4) is 0 Å². The van der Waals surface area contributed by atoms with Gasteiger partial charge in [-0.3, -0.25) is 51.4 Å². The summed E-state index contributed by atoms with van der Waals surface area (Å²) >= 11 is 19.1. The number of rotatable bonds is 16. The van der Waals surface area contributed by atoms with Crippen molar-refractivity contribution < 1.29 is 112 Å². The molecule has 0 spiro atoms. The number of nitrogen functional groups attached to an aromatic ring is 4. The van der Waals surface area contributed by atoms with Gasteiger partial charge in [-0.1, -0.05) is 35.9 Å². The quantitative estimate of drug-likeness (QED) is 0.0313. The highest BCUT2D eigenvalue weighted by atomic mass is 32.7. The molecule has 6 aliphatic heterocycles. The minimum Gasteiger partial charge on any atom is -0.780 e. The van der Waals surface area contributed by atoms with Crippen LogP contribution in [0.5, 0.6) is 0 Å². The largest absolute Gasteiger partial charge is 0.780 e. The number of hydrogen-bond acceptors (Lipinski definition) is 34. The third kappa shape index (κ3) is 23.3. The molecular formula is C64H106F4N24O18P4S4+2. The molecule has 0 amide bonds. The Hall–Kier alpha value is -5.51. The molecule has 4 unspecified atom stereocenters. The molecule has 4 bridgehead atoms. The van der Waals surface area contributed by atoms with Crippen LogP contribution in [-0.4, -0.2) is 261 Å². The fourth-order valence-corrected chi connectivity index (χ4v) is 19.1. The number of aromatic nitrogens is 16. The average Bonchev–Trinajstić information content (AvgIpc) is 1.62. The number of nitrogens with zero attached hydrogens (tertiary/aromatic N) is 14. The topological polar surface area (TPSA) is 530 Å². The summed E-state index contributed by atoms with van der Waals surface area (Å²) in [6, 6.07) is 0. The molecule has 14 heterocycles. The molecule has 0 aromatic carbocycles. The molecule has 6 aliphatic rings. The smallest absolute Gasteiger partial charge is 0.386 e. The number of hydrogen-bond donors (Lipinski definition) is 12. The van der Waals surface area contributed by atoms with E-state index in [9.17, 15) is 28.8 Å². The Labute approximate surface area is 696 Å². The summed E-state index contributed by atoms with van der Waals surface area (Å²) in [6.07, 6.45) is -20.1. The van der Waals surface area contributed by atoms with E-state index in [1.165, 1.54) is 100 Å². The Morgan fingerprint density at radius 1 is 0.441 bits per heavy atom. The van der Waals surface area contributed by atoms with Gasteiger partial charge in [-0.2, -0.15) is 9.97 Å². The minimum absolute atomic E-state index is 0.0296. The molecule has 8 aromatic heterocycles. The molecule has 20 atom stereocenters. The Morgan fingerprint density at radius 3 is 1.08 bits per heavy atom. The van der Waals surface area contributed by atoms with Crippen molar-refractivity contribution in [1.29, 1.82) is 0 Å². The maximum absolute atomic E-state index is 16.0. The molecule has 0 radical (unpaired) electrons. The number of imidazole rings is 4. The molecule has 118 heavy (non-hydrogen) atoms. The molecule has 660 valence electrons. The third-order valence-electron chi connectivity index (χ3n) is 20.4. The third-order valence-corrected chi connectivity index (χ3v) is 26.7. The van der Waals surface area contributed by atoms with Gasteiger partial charge in [-0.25, -0.2) is 62.0 Å². The number of nitrogens with two attached hydrogens (primary N) is 4. The van der Waals surface area contributed by atoms with Crippen molar-refractivity contribution in [2.75, 3.05) is 128 Å². The first-order valence-electron chi connectivity index (χ1n) is 38.4. The van der Waals surface area contributed by atoms with Gasteiger partial charge in [0.1, 0.15) is 86.0 Å². The molecule has 14 rings (SSSR count). The van der Waals surface area contributed by atoms with Crippen LogP contribution in [0.15, 0.2) is 47.6 Å². The van der Waals surface area contributed by atoms with Crippen molar-refractivity contribution >= 4 is 143 Å². The number of fused-ring (bicyclic) bond motifs is 10. The number of nitrogens with one attached hydrogen (secondary N) is 6. The second kappa shape index (κ2) is 42.7. The summed E-state index contributed by atoms with van der Waals surface area (Å²) in [4.78, 5) is 113. The monoisotopic (exact) mass is 1830 g/mol. The first-order valence-corrected chi connectivity index (χ1v) is 48.8. The number of H-pyrrole nitrogens is 2. The highest BCUT2D eigenvalue weighted by molar-refractivity contribution is 8.44. The van der Waals surface area contributed by atoms with Crippen LogP contribution in [0.2, 0.25) is 0 Å². The number of aromatic amines is 2. The average molecular weight is 1830 g/mol. The van der Waals surface area contributed by atoms with Crippen LogP contribution < -0.4 is 63.4 Å². The Bertz CT molecular complexity index is 4580. The van der Waals surface area contributed by atoms with Gasteiger partial charge in [0, 0.05) is 0 Å². The minimum atomic E-state index is -4.57. The molecule has 0 saturated carbocycles. The maximum atomic E-state index is 16.0. The van der Waals surface area contributed by atoms with E-state index in [0.29, 0.717) is 0 Å². The van der Waals surface area contributed by atoms with Crippen LogP contribution in [0.25, 0.3) is 44.7 Å². The molecule has 42 nitrogen and oxygen atoms in total. The molecule has 0 aliphatic carbocycles. The number of ether oxygens (including phenoxy) is 4. The summed E-state index contributed by atoms with van der Waals surface area (Å²) in [7, 11) is 0. The van der Waals surface area contributed by atoms with E-state index in [1.807, 2.05) is 0 Å². The first kappa shape index (κ1) is 96.3. The van der Waals surface area contributed by atoms with E-state index in [4.69, 9.17) is 113 Å². The number of thiol groups is 1. The van der Waals surface area contributed by atoms with Gasteiger partial charge >= 0.3 is 13.5 Å². The summed E-state index contributed by atoms with van der Waals surface area (Å²) in [5, 5.41) is 0. The molecule has 6 saturated heterocycles. The van der Waals surface area contributed by atoms with Gasteiger partial charge in [0.15, 0.2) is 94.9 Å². The van der Waals surface area contributed by atoms with Gasteiger partial charge in [0.2, 0.25) is 11.9 Å². The highest BCUT2D eigenvalue weighted by Crippen LogP contribution is 2.59. The lowest BCUT2D eigenvalue weighted by molar-refractivity contribution is -0.894. The maximum Gasteiger partial charge on any atom is 0.386 e. The predicted octanol–water partition coefficient (Wildman–Crippen LogP) is -1.03. The van der Waals surface area contributed by atoms with Crippen LogP contribution in [0.4, 0.5) is 41.1 Å². The molecule has 8 aromatic rings. The van der Waals surface area contributed by atoms with Crippen LogP contribution >= 0.6 is 39.2 Å². The van der Waals surface area contributed by atoms with Crippen molar-refractivity contribution in [2.45, 2.75) is 182 Å². The van der Waals surface area contributed by atoms with E-state index in [-0.39, 0.29) is 68.2 Å². The summed E-state index contributed by atoms with van der Waals surface area (Å²) < 4.78 is 148. The zero-order valence-electron chi connectivity index (χ0n) is 66.9. The standard InChI is InChI=1S/2C20H22F2N10O9P2S2.4C6H15N/c2*21-8-6-1-36-42(34,44)40-12-7(39-18(9(12)22)31-4-27-10-14(23)25-3-26-15(10)31)2-37-43(35,45)41-13(8)19(38-6)32-5-28-11-16(32)29-20(24)30-17(11)33;4*1-4-7(5-2)6-3/h2*3-9,12-13,18-19H,1-2H2,(H,34,44)(H,35,45)(H2,23,25,26)(H3,24,29,30,33);4*4-6H2,1-3H3/p+2/t2*6-,7-,8-,9-,12-,13-,18-,19-,42?,43?;;;;/m11..../s1. The van der Waals surface area contributed by atoms with Crippen molar-refractivity contribution in [3.63, 3.8) is 0 Å². The zero-order valence-corrected chi connectivity index (χ0v) is 73.9. The normalized spacial score (nSPS) is 31.2. The molecular weight excluding hydrogens is 1720 g/mol. The fourth-order valence-electron chi connectivity index (χ4n) is 13.5. The predicted molar refractivity (Wildman–Crippen MR) is 435 cm³/mol. The van der Waals surface area contributed by atoms with Crippen LogP contribution in [-0.2, 0) is 95.1 Å². The van der Waals surface area contributed by atoms with E-state index >= 15 is 17.6 Å². The zero-order chi connectivity index (χ0) is 86.5. The first-order chi connectivity index (χ1) is 56.0. The summed E-state index contributed by atoms with van der Waals surface area (Å²) in [5.74, 6) is -0.474. The van der Waals surface area contributed by atoms with E-state index in [2.05, 4.69) is 155 Å². The summed E-state index contributed by atoms with van der Waals surface area (Å²) in [5.41, 5.74) is 21.7. The number of quaternary nitrogens is 4. The van der Waals surface area contributed by atoms with Gasteiger partial charge in [-0.15, -0.1) is 0 Å². The van der Waals surface area contributed by atoms with Gasteiger partial charge in [0.05, 0.1) is 130 Å². The Morgan fingerprint density at radius 2 is 0.746 bits per heavy atom. The molecule has 54 heteroatoms. The number of alkyl halides is 4. The lowest BCUT2D eigenvalue weighted by Gasteiger charge is -2.33. The van der Waals surface area contributed by atoms with Crippen molar-refractivity contribution in [1.82, 2.24) is 78.1 Å². The second-order valence-electron chi connectivity index (χ2n) is 27.3. The Balaban J connectivity index is 0.000000203. The number of halogens is 4. The van der Waals surface area contributed by atoms with E-state index in [0.717, 1.165) is 34.4 Å².